The van der Waals surface area contributed by atoms with Gasteiger partial charge in [0.05, 0.1) is 5.56 Å². The zero-order valence-corrected chi connectivity index (χ0v) is 34.3. The van der Waals surface area contributed by atoms with E-state index in [1.54, 1.807) is 17.8 Å². The Labute approximate surface area is 341 Å². The topological polar surface area (TPSA) is 77.8 Å². The van der Waals surface area contributed by atoms with E-state index in [1.807, 2.05) is 67.6 Å². The van der Waals surface area contributed by atoms with Crippen LogP contribution in [0, 0.1) is 6.92 Å². The van der Waals surface area contributed by atoms with Crippen LogP contribution in [-0.2, 0) is 6.61 Å². The Morgan fingerprint density at radius 3 is 1.72 bits per heavy atom. The van der Waals surface area contributed by atoms with Crippen molar-refractivity contribution in [2.24, 2.45) is 0 Å². The number of aliphatic hydroxyl groups is 1. The van der Waals surface area contributed by atoms with E-state index in [0.29, 0.717) is 18.1 Å². The molecule has 0 saturated carbocycles. The van der Waals surface area contributed by atoms with E-state index in [-0.39, 0.29) is 14.8 Å². The van der Waals surface area contributed by atoms with Gasteiger partial charge in [-0.1, -0.05) is 121 Å². The first-order valence-electron chi connectivity index (χ1n) is 18.9. The van der Waals surface area contributed by atoms with Crippen LogP contribution in [0.25, 0.3) is 76.2 Å². The predicted octanol–water partition coefficient (Wildman–Crippen LogP) is 14.8. The molecule has 9 aromatic carbocycles. The molecule has 0 radical (unpaired) electrons. The summed E-state index contributed by atoms with van der Waals surface area (Å²) in [4.78, 5) is 1.10. The zero-order chi connectivity index (χ0) is 39.2. The lowest BCUT2D eigenvalue weighted by atomic mass is 9.92. The third-order valence-electron chi connectivity index (χ3n) is 10.6. The van der Waals surface area contributed by atoms with Crippen LogP contribution in [0.3, 0.4) is 0 Å². The summed E-state index contributed by atoms with van der Waals surface area (Å²) in [7, 11) is -2.13. The van der Waals surface area contributed by atoms with Crippen molar-refractivity contribution in [2.45, 2.75) is 18.4 Å². The lowest BCUT2D eigenvalue weighted by Crippen LogP contribution is -1.98. The van der Waals surface area contributed by atoms with Gasteiger partial charge in [-0.05, 0) is 98.2 Å². The normalized spacial score (nSPS) is 11.8. The quantitative estimate of drug-likeness (QED) is 0.0888. The fraction of sp³-hybridized carbons (Fsp3) is 0.0612. The Bertz CT molecular complexity index is 3150. The van der Waals surface area contributed by atoms with Crippen LogP contribution in [0.5, 0.6) is 17.2 Å². The Morgan fingerprint density at radius 1 is 0.603 bits per heavy atom. The lowest BCUT2D eigenvalue weighted by molar-refractivity contribution is 0.130. The third kappa shape index (κ3) is 6.61. The molecule has 0 bridgehead atoms. The number of aryl methyl sites for hydroxylation is 1. The van der Waals surface area contributed by atoms with Crippen LogP contribution in [0.2, 0.25) is 0 Å². The molecule has 0 aliphatic heterocycles. The number of phenolic OH excluding ortho intramolecular Hbond substituents is 1. The van der Waals surface area contributed by atoms with Crippen molar-refractivity contribution in [3.05, 3.63) is 169 Å². The zero-order valence-electron chi connectivity index (χ0n) is 31.6. The molecule has 2 N–H and O–H groups in total. The van der Waals surface area contributed by atoms with Gasteiger partial charge in [0.1, 0.15) is 28.4 Å². The summed E-state index contributed by atoms with van der Waals surface area (Å²) in [5.74, 6) is 1.51. The monoisotopic (exact) mass is 815 g/mol. The molecule has 10 rings (SSSR count). The first-order valence-corrected chi connectivity index (χ1v) is 22.1. The standard InChI is InChI=1S/C49H36O6P2S/c1-30-27-36(58-2)28-35(29-51-57-54-43-25-21-33-13-5-9-17-39(33)47(43)48-40-18-10-6-14-34(40)22-26-44(48)55-57)49(30)53-56-52-42-24-20-32-12-4-8-16-38(32)46(42)45-37-15-7-3-11-31(37)19-23-41(45)50/h3-28,50,56H,29H2,1-2H3/p+1. The maximum absolute atomic E-state index is 11.3. The molecule has 1 heterocycles. The van der Waals surface area contributed by atoms with Crippen LogP contribution in [-0.4, -0.2) is 15.9 Å². The van der Waals surface area contributed by atoms with Crippen molar-refractivity contribution in [1.29, 1.82) is 0 Å². The van der Waals surface area contributed by atoms with Gasteiger partial charge in [-0.2, -0.15) is 0 Å². The highest BCUT2D eigenvalue weighted by Crippen LogP contribution is 2.47. The first-order chi connectivity index (χ1) is 28.5. The number of phenols is 1. The van der Waals surface area contributed by atoms with E-state index in [9.17, 15) is 5.11 Å². The van der Waals surface area contributed by atoms with Gasteiger partial charge >= 0.3 is 8.24 Å². The first kappa shape index (κ1) is 36.4. The molecule has 0 amide bonds. The smallest absolute Gasteiger partial charge is 0.507 e. The van der Waals surface area contributed by atoms with Gasteiger partial charge in [0.2, 0.25) is 0 Å². The molecule has 0 aliphatic rings. The number of benzene rings is 9. The van der Waals surface area contributed by atoms with Crippen molar-refractivity contribution in [1.82, 2.24) is 0 Å². The van der Waals surface area contributed by atoms with Crippen LogP contribution in [0.1, 0.15) is 11.1 Å². The van der Waals surface area contributed by atoms with Gasteiger partial charge in [0.15, 0.2) is 6.61 Å². The highest BCUT2D eigenvalue weighted by molar-refractivity contribution is 7.98. The molecule has 1 atom stereocenters. The van der Waals surface area contributed by atoms with E-state index in [4.69, 9.17) is 22.0 Å². The van der Waals surface area contributed by atoms with Gasteiger partial charge in [0.25, 0.3) is 9.03 Å². The number of aromatic hydroxyl groups is 1. The fourth-order valence-corrected chi connectivity index (χ4v) is 10.3. The van der Waals surface area contributed by atoms with Crippen LogP contribution >= 0.6 is 29.0 Å². The van der Waals surface area contributed by atoms with Crippen molar-refractivity contribution in [3.8, 4) is 28.4 Å². The Hall–Kier alpha value is -5.94. The number of thioether (sulfide) groups is 1. The van der Waals surface area contributed by atoms with Gasteiger partial charge in [-0.25, -0.2) is 0 Å². The van der Waals surface area contributed by atoms with Crippen LogP contribution in [0.15, 0.2) is 171 Å². The third-order valence-corrected chi connectivity index (χ3v) is 13.0. The molecule has 0 fully saturated rings. The van der Waals surface area contributed by atoms with Gasteiger partial charge in [-0.15, -0.1) is 11.8 Å². The lowest BCUT2D eigenvalue weighted by Gasteiger charge is -2.18. The predicted molar refractivity (Wildman–Crippen MR) is 244 cm³/mol. The van der Waals surface area contributed by atoms with Crippen molar-refractivity contribution < 1.29 is 27.1 Å². The van der Waals surface area contributed by atoms with Crippen LogP contribution < -0.4 is 9.05 Å². The minimum absolute atomic E-state index is 0.188. The highest BCUT2D eigenvalue weighted by Gasteiger charge is 2.21. The summed E-state index contributed by atoms with van der Waals surface area (Å²) in [6, 6.07) is 53.2. The molecule has 1 aromatic heterocycles. The van der Waals surface area contributed by atoms with E-state index < -0.39 is 8.24 Å². The average molecular weight is 816 g/mol. The molecule has 1 unspecified atom stereocenters. The molecule has 0 aliphatic carbocycles. The molecule has 0 spiro atoms. The maximum atomic E-state index is 11.3. The molecule has 10 aromatic rings. The number of rotatable bonds is 9. The molecule has 284 valence electrons. The molecule has 9 heteroatoms. The van der Waals surface area contributed by atoms with E-state index >= 15 is 0 Å². The summed E-state index contributed by atoms with van der Waals surface area (Å²) in [5, 5.41) is 21.8. The molecular weight excluding hydrogens is 779 g/mol. The maximum Gasteiger partial charge on any atom is 0.587 e. The second-order valence-corrected chi connectivity index (χ2v) is 16.7. The van der Waals surface area contributed by atoms with Crippen molar-refractivity contribution in [3.63, 3.8) is 0 Å². The van der Waals surface area contributed by atoms with Gasteiger partial charge < -0.3 is 27.1 Å². The van der Waals surface area contributed by atoms with Crippen molar-refractivity contribution in [2.75, 3.05) is 6.26 Å². The summed E-state index contributed by atoms with van der Waals surface area (Å²) in [5.41, 5.74) is 4.91. The molecule has 6 nitrogen and oxygen atoms in total. The van der Waals surface area contributed by atoms with E-state index in [2.05, 4.69) is 97.3 Å². The Balaban J connectivity index is 1.01. The van der Waals surface area contributed by atoms with Gasteiger partial charge in [-0.3, -0.25) is 0 Å². The highest BCUT2D eigenvalue weighted by atomic mass is 32.2. The SMILES string of the molecule is CSc1cc(C)c(OPOc2ccc3ccccc3c2-c2c(O)ccc3ccccc23)c(C[OH+]p2oc3ccc4ccccc4c3c3c(ccc4ccccc43)o2)c1. The Morgan fingerprint density at radius 2 is 1.12 bits per heavy atom. The molecule has 0 saturated heterocycles. The molecule has 58 heavy (non-hydrogen) atoms. The Kier molecular flexibility index (Phi) is 9.69. The minimum atomic E-state index is -1.75. The van der Waals surface area contributed by atoms with Crippen molar-refractivity contribution >= 4 is 94.1 Å². The van der Waals surface area contributed by atoms with Gasteiger partial charge in [0, 0.05) is 26.8 Å². The molecular formula is C49H37O6P2S+. The number of hydrogen-bond donors (Lipinski definition) is 1. The summed E-state index contributed by atoms with van der Waals surface area (Å²) in [6.45, 7) is 2.35. The average Bonchev–Trinajstić information content (AvgIpc) is 3.43. The second-order valence-electron chi connectivity index (χ2n) is 14.1. The minimum Gasteiger partial charge on any atom is -0.507 e. The summed E-state index contributed by atoms with van der Waals surface area (Å²) in [6.07, 6.45) is 2.06. The fourth-order valence-electron chi connectivity index (χ4n) is 7.97. The number of fused-ring (bicyclic) bond motifs is 9. The number of hydrogen-bond acceptors (Lipinski definition) is 6. The largest absolute Gasteiger partial charge is 0.587 e. The van der Waals surface area contributed by atoms with E-state index in [1.165, 1.54) is 0 Å². The summed E-state index contributed by atoms with van der Waals surface area (Å²) >= 11 is 1.67. The second kappa shape index (κ2) is 15.4. The van der Waals surface area contributed by atoms with Crippen LogP contribution in [0.4, 0.5) is 0 Å². The van der Waals surface area contributed by atoms with E-state index in [0.717, 1.165) is 92.2 Å². The summed E-state index contributed by atoms with van der Waals surface area (Å²) < 4.78 is 31.6.